The van der Waals surface area contributed by atoms with Gasteiger partial charge in [-0.1, -0.05) is 0 Å². The van der Waals surface area contributed by atoms with Crippen molar-refractivity contribution in [1.29, 1.82) is 0 Å². The molecule has 1 aliphatic rings. The highest BCUT2D eigenvalue weighted by Gasteiger charge is 2.36. The smallest absolute Gasteiger partial charge is 0.270 e. The number of thiocarbonyl (C=S) groups is 1. The average Bonchev–Trinajstić information content (AvgIpc) is 2.78. The van der Waals surface area contributed by atoms with Gasteiger partial charge in [-0.05, 0) is 56.4 Å². The number of nitrogens with zero attached hydrogens (tertiary/aromatic N) is 2. The average molecular weight is 456 g/mol. The number of rotatable bonds is 7. The van der Waals surface area contributed by atoms with Crippen LogP contribution in [0.15, 0.2) is 42.0 Å². The van der Waals surface area contributed by atoms with Crippen LogP contribution in [-0.4, -0.2) is 49.3 Å². The summed E-state index contributed by atoms with van der Waals surface area (Å²) in [5.41, 5.74) is 1.34. The lowest BCUT2D eigenvalue weighted by Gasteiger charge is -2.30. The van der Waals surface area contributed by atoms with Gasteiger partial charge in [0.05, 0.1) is 19.9 Å². The van der Waals surface area contributed by atoms with Crippen LogP contribution in [0.1, 0.15) is 19.4 Å². The van der Waals surface area contributed by atoms with Crippen LogP contribution in [0.3, 0.4) is 0 Å². The molecule has 2 aromatic rings. The van der Waals surface area contributed by atoms with Crippen molar-refractivity contribution < 1.29 is 24.2 Å². The third-order valence-electron chi connectivity index (χ3n) is 5.17. The predicted molar refractivity (Wildman–Crippen MR) is 127 cm³/mol. The summed E-state index contributed by atoms with van der Waals surface area (Å²) in [5.74, 6) is -0.462. The molecule has 0 atom stereocenters. The molecule has 0 saturated carbocycles. The molecule has 168 valence electrons. The van der Waals surface area contributed by atoms with E-state index in [2.05, 4.69) is 10.2 Å². The van der Waals surface area contributed by atoms with Crippen molar-refractivity contribution >= 4 is 46.6 Å². The fourth-order valence-electron chi connectivity index (χ4n) is 3.44. The van der Waals surface area contributed by atoms with Crippen LogP contribution < -0.4 is 24.6 Å². The molecule has 2 aromatic carbocycles. The second-order valence-corrected chi connectivity index (χ2v) is 7.30. The van der Waals surface area contributed by atoms with Gasteiger partial charge >= 0.3 is 0 Å². The molecule has 1 heterocycles. The number of anilines is 2. The number of nitrogens with one attached hydrogen (secondary N) is 1. The van der Waals surface area contributed by atoms with Crippen molar-refractivity contribution in [3.05, 3.63) is 47.5 Å². The first-order valence-electron chi connectivity index (χ1n) is 10.1. The van der Waals surface area contributed by atoms with E-state index in [0.717, 1.165) is 18.8 Å². The van der Waals surface area contributed by atoms with E-state index in [9.17, 15) is 14.7 Å². The second kappa shape index (κ2) is 9.69. The molecule has 0 radical (unpaired) electrons. The molecule has 0 unspecified atom stereocenters. The molecular weight excluding hydrogens is 430 g/mol. The van der Waals surface area contributed by atoms with Gasteiger partial charge in [0.1, 0.15) is 22.8 Å². The van der Waals surface area contributed by atoms with E-state index >= 15 is 0 Å². The van der Waals surface area contributed by atoms with Gasteiger partial charge in [-0.2, -0.15) is 0 Å². The highest BCUT2D eigenvalue weighted by atomic mass is 32.1. The molecule has 8 nitrogen and oxygen atoms in total. The quantitative estimate of drug-likeness (QED) is 0.377. The Hall–Kier alpha value is -3.59. The molecule has 0 bridgehead atoms. The molecule has 2 N–H and O–H groups in total. The van der Waals surface area contributed by atoms with E-state index in [0.29, 0.717) is 22.7 Å². The Kier molecular flexibility index (Phi) is 6.99. The van der Waals surface area contributed by atoms with Crippen molar-refractivity contribution in [2.24, 2.45) is 0 Å². The number of phenols is 1. The summed E-state index contributed by atoms with van der Waals surface area (Å²) in [6, 6.07) is 10.0. The highest BCUT2D eigenvalue weighted by molar-refractivity contribution is 7.80. The Morgan fingerprint density at radius 3 is 2.41 bits per heavy atom. The summed E-state index contributed by atoms with van der Waals surface area (Å²) in [6.45, 7) is 5.61. The summed E-state index contributed by atoms with van der Waals surface area (Å²) in [7, 11) is 2.97. The minimum atomic E-state index is -0.648. The maximum Gasteiger partial charge on any atom is 0.270 e. The molecule has 0 aliphatic carbocycles. The Morgan fingerprint density at radius 1 is 1.09 bits per heavy atom. The third kappa shape index (κ3) is 4.38. The van der Waals surface area contributed by atoms with Crippen molar-refractivity contribution in [3.8, 4) is 17.2 Å². The Labute approximate surface area is 192 Å². The summed E-state index contributed by atoms with van der Waals surface area (Å²) in [5, 5.41) is 13.0. The lowest BCUT2D eigenvalue weighted by Crippen LogP contribution is -2.54. The fraction of sp³-hybridized carbons (Fsp3) is 0.261. The number of phenolic OH excluding ortho intramolecular Hbond substituents is 1. The number of aromatic hydroxyl groups is 1. The minimum Gasteiger partial charge on any atom is -0.507 e. The van der Waals surface area contributed by atoms with E-state index in [4.69, 9.17) is 21.7 Å². The Bertz CT molecular complexity index is 1100. The summed E-state index contributed by atoms with van der Waals surface area (Å²) in [4.78, 5) is 29.2. The van der Waals surface area contributed by atoms with Gasteiger partial charge in [0, 0.05) is 36.5 Å². The molecule has 32 heavy (non-hydrogen) atoms. The number of hydrogen-bond acceptors (Lipinski definition) is 7. The molecule has 1 aliphatic heterocycles. The van der Waals surface area contributed by atoms with E-state index in [1.807, 2.05) is 19.9 Å². The fourth-order valence-corrected chi connectivity index (χ4v) is 3.72. The molecular formula is C23H25N3O5S. The topological polar surface area (TPSA) is 91.3 Å². The zero-order valence-electron chi connectivity index (χ0n) is 18.3. The number of methoxy groups -OCH3 is 2. The number of carbonyl (C=O) groups excluding carboxylic acids is 2. The molecule has 0 aromatic heterocycles. The number of benzene rings is 2. The molecule has 9 heteroatoms. The Balaban J connectivity index is 2.04. The first-order valence-corrected chi connectivity index (χ1v) is 10.5. The van der Waals surface area contributed by atoms with Gasteiger partial charge < -0.3 is 19.5 Å². The van der Waals surface area contributed by atoms with Crippen molar-refractivity contribution in [3.63, 3.8) is 0 Å². The van der Waals surface area contributed by atoms with E-state index < -0.39 is 11.8 Å². The van der Waals surface area contributed by atoms with E-state index in [-0.39, 0.29) is 16.4 Å². The second-order valence-electron chi connectivity index (χ2n) is 6.91. The monoisotopic (exact) mass is 455 g/mol. The lowest BCUT2D eigenvalue weighted by atomic mass is 10.1. The predicted octanol–water partition coefficient (Wildman–Crippen LogP) is 3.09. The summed E-state index contributed by atoms with van der Waals surface area (Å²) < 4.78 is 10.6. The van der Waals surface area contributed by atoms with E-state index in [1.54, 1.807) is 30.3 Å². The highest BCUT2D eigenvalue weighted by Crippen LogP contribution is 2.35. The summed E-state index contributed by atoms with van der Waals surface area (Å²) in [6.07, 6.45) is 1.35. The van der Waals surface area contributed by atoms with Crippen LogP contribution in [0.2, 0.25) is 0 Å². The van der Waals surface area contributed by atoms with E-state index in [1.165, 1.54) is 25.2 Å². The molecule has 1 fully saturated rings. The third-order valence-corrected chi connectivity index (χ3v) is 5.46. The van der Waals surface area contributed by atoms with Crippen LogP contribution >= 0.6 is 12.2 Å². The van der Waals surface area contributed by atoms with Crippen molar-refractivity contribution in [1.82, 2.24) is 5.32 Å². The number of carbonyl (C=O) groups is 2. The van der Waals surface area contributed by atoms with Gasteiger partial charge in [-0.3, -0.25) is 14.9 Å². The largest absolute Gasteiger partial charge is 0.507 e. The van der Waals surface area contributed by atoms with Crippen molar-refractivity contribution in [2.75, 3.05) is 37.1 Å². The maximum absolute atomic E-state index is 13.3. The zero-order valence-corrected chi connectivity index (χ0v) is 19.2. The maximum atomic E-state index is 13.3. The number of hydrogen-bond donors (Lipinski definition) is 2. The molecule has 2 amide bonds. The van der Waals surface area contributed by atoms with Gasteiger partial charge in [-0.15, -0.1) is 0 Å². The number of ether oxygens (including phenoxy) is 2. The summed E-state index contributed by atoms with van der Waals surface area (Å²) >= 11 is 5.26. The van der Waals surface area contributed by atoms with Gasteiger partial charge in [0.25, 0.3) is 11.8 Å². The molecule has 3 rings (SSSR count). The van der Waals surface area contributed by atoms with Crippen LogP contribution in [0.5, 0.6) is 17.2 Å². The van der Waals surface area contributed by atoms with Gasteiger partial charge in [0.2, 0.25) is 0 Å². The number of amides is 2. The van der Waals surface area contributed by atoms with Gasteiger partial charge in [0.15, 0.2) is 5.11 Å². The van der Waals surface area contributed by atoms with Crippen LogP contribution in [-0.2, 0) is 9.59 Å². The lowest BCUT2D eigenvalue weighted by molar-refractivity contribution is -0.122. The Morgan fingerprint density at radius 2 is 1.81 bits per heavy atom. The first-order chi connectivity index (χ1) is 15.3. The zero-order chi connectivity index (χ0) is 23.4. The van der Waals surface area contributed by atoms with Crippen LogP contribution in [0.25, 0.3) is 6.08 Å². The molecule has 1 saturated heterocycles. The normalized spacial score (nSPS) is 15.1. The first kappa shape index (κ1) is 23.1. The van der Waals surface area contributed by atoms with Crippen molar-refractivity contribution in [2.45, 2.75) is 13.8 Å². The van der Waals surface area contributed by atoms with Gasteiger partial charge in [-0.25, -0.2) is 4.90 Å². The SMILES string of the molecule is CCN(CC)c1ccc(C=C2C(=O)NC(=S)N(c3cc(OC)ccc3OC)C2=O)c(O)c1. The molecule has 0 spiro atoms. The minimum absolute atomic E-state index is 0.0406. The standard InChI is InChI=1S/C23H25N3O5S/c1-5-25(6-2)15-8-7-14(19(27)12-15)11-17-21(28)24-23(32)26(22(17)29)18-13-16(30-3)9-10-20(18)31-4/h7-13,27H,5-6H2,1-4H3,(H,24,28,32). The van der Waals surface area contributed by atoms with Crippen LogP contribution in [0.4, 0.5) is 11.4 Å². The van der Waals surface area contributed by atoms with Crippen LogP contribution in [0, 0.1) is 0 Å².